The van der Waals surface area contributed by atoms with Crippen LogP contribution in [0.3, 0.4) is 0 Å². The maximum Gasteiger partial charge on any atom is 0.247 e. The number of anilines is 1. The van der Waals surface area contributed by atoms with E-state index in [1.54, 1.807) is 0 Å². The number of aromatic nitrogens is 1. The third kappa shape index (κ3) is 3.11. The van der Waals surface area contributed by atoms with Crippen molar-refractivity contribution in [1.29, 1.82) is 0 Å². The summed E-state index contributed by atoms with van der Waals surface area (Å²) in [6.45, 7) is 3.79. The number of hydrogen-bond donors (Lipinski definition) is 1. The molecule has 2 aromatic rings. The predicted molar refractivity (Wildman–Crippen MR) is 122 cm³/mol. The van der Waals surface area contributed by atoms with Crippen molar-refractivity contribution in [3.63, 3.8) is 0 Å². The Kier molecular flexibility index (Phi) is 4.45. The Bertz CT molecular complexity index is 1000. The van der Waals surface area contributed by atoms with E-state index < -0.39 is 0 Å². The van der Waals surface area contributed by atoms with E-state index in [2.05, 4.69) is 35.1 Å². The Hall–Kier alpha value is -2.30. The lowest BCUT2D eigenvalue weighted by Crippen LogP contribution is -2.56. The van der Waals surface area contributed by atoms with Gasteiger partial charge in [0.15, 0.2) is 0 Å². The number of carbonyl (C=O) groups is 2. The number of fused-ring (bicyclic) bond motifs is 1. The van der Waals surface area contributed by atoms with Crippen molar-refractivity contribution in [3.8, 4) is 0 Å². The molecule has 1 N–H and O–H groups in total. The van der Waals surface area contributed by atoms with E-state index in [0.717, 1.165) is 74.0 Å². The minimum absolute atomic E-state index is 0.0233. The molecule has 1 saturated heterocycles. The van der Waals surface area contributed by atoms with E-state index in [4.69, 9.17) is 0 Å². The molecule has 4 bridgehead atoms. The van der Waals surface area contributed by atoms with Gasteiger partial charge in [-0.25, -0.2) is 0 Å². The molecule has 1 aromatic carbocycles. The van der Waals surface area contributed by atoms with Gasteiger partial charge in [-0.1, -0.05) is 0 Å². The zero-order valence-corrected chi connectivity index (χ0v) is 18.5. The first-order valence-electron chi connectivity index (χ1n) is 12.3. The molecule has 5 heteroatoms. The summed E-state index contributed by atoms with van der Waals surface area (Å²) in [6.07, 6.45) is 11.0. The van der Waals surface area contributed by atoms with Crippen LogP contribution in [0.25, 0.3) is 10.9 Å². The van der Waals surface area contributed by atoms with Crippen molar-refractivity contribution >= 4 is 28.4 Å². The summed E-state index contributed by atoms with van der Waals surface area (Å²) in [7, 11) is 0. The Morgan fingerprint density at radius 3 is 2.45 bits per heavy atom. The Morgan fingerprint density at radius 2 is 1.77 bits per heavy atom. The molecule has 5 aliphatic rings. The first kappa shape index (κ1) is 19.4. The molecule has 1 atom stereocenters. The summed E-state index contributed by atoms with van der Waals surface area (Å²) in [5.41, 5.74) is 1.83. The molecule has 4 aliphatic carbocycles. The first-order chi connectivity index (χ1) is 15.0. The predicted octanol–water partition coefficient (Wildman–Crippen LogP) is 4.81. The zero-order chi connectivity index (χ0) is 21.2. The van der Waals surface area contributed by atoms with Gasteiger partial charge in [0.05, 0.1) is 5.41 Å². The molecule has 0 spiro atoms. The molecular formula is C26H33N3O2. The van der Waals surface area contributed by atoms with Gasteiger partial charge in [-0.3, -0.25) is 9.59 Å². The number of carbonyl (C=O) groups excluding carboxylic acids is 2. The van der Waals surface area contributed by atoms with Crippen molar-refractivity contribution in [2.24, 2.45) is 23.2 Å². The fraction of sp³-hybridized carbons (Fsp3) is 0.615. The Labute approximate surface area is 184 Å². The quantitative estimate of drug-likeness (QED) is 0.773. The second kappa shape index (κ2) is 7.11. The molecule has 164 valence electrons. The number of likely N-dealkylation sites (tertiary alicyclic amines) is 1. The van der Waals surface area contributed by atoms with Gasteiger partial charge in [0, 0.05) is 35.9 Å². The SMILES string of the molecule is CCn1ccc2cc(NC(=O)C3CCCN3C(=O)C34CC5CC(CC(C5)C3)C4)ccc21. The monoisotopic (exact) mass is 419 g/mol. The standard InChI is InChI=1S/C26H33N3O2/c1-2-28-9-7-20-13-21(5-6-22(20)28)27-24(30)23-4-3-8-29(23)25(31)26-14-17-10-18(15-26)12-19(11-17)16-26/h5-7,9,13,17-19,23H,2-4,8,10-12,14-16H2,1H3,(H,27,30). The highest BCUT2D eigenvalue weighted by molar-refractivity contribution is 5.99. The minimum Gasteiger partial charge on any atom is -0.348 e. The van der Waals surface area contributed by atoms with Gasteiger partial charge in [0.2, 0.25) is 11.8 Å². The van der Waals surface area contributed by atoms with Crippen LogP contribution in [0.4, 0.5) is 5.69 Å². The topological polar surface area (TPSA) is 54.3 Å². The average Bonchev–Trinajstić information content (AvgIpc) is 3.39. The molecule has 2 heterocycles. The normalized spacial score (nSPS) is 33.9. The molecule has 7 rings (SSSR count). The Balaban J connectivity index is 1.20. The van der Waals surface area contributed by atoms with E-state index >= 15 is 0 Å². The van der Waals surface area contributed by atoms with E-state index in [-0.39, 0.29) is 17.4 Å². The van der Waals surface area contributed by atoms with Crippen molar-refractivity contribution in [3.05, 3.63) is 30.5 Å². The molecule has 5 nitrogen and oxygen atoms in total. The van der Waals surface area contributed by atoms with Gasteiger partial charge >= 0.3 is 0 Å². The molecule has 4 saturated carbocycles. The van der Waals surface area contributed by atoms with Crippen molar-refractivity contribution in [1.82, 2.24) is 9.47 Å². The molecule has 2 amide bonds. The van der Waals surface area contributed by atoms with E-state index in [9.17, 15) is 9.59 Å². The van der Waals surface area contributed by atoms with Crippen molar-refractivity contribution in [2.45, 2.75) is 70.9 Å². The maximum atomic E-state index is 13.8. The second-order valence-corrected chi connectivity index (χ2v) is 10.7. The summed E-state index contributed by atoms with van der Waals surface area (Å²) < 4.78 is 2.20. The molecule has 1 aliphatic heterocycles. The third-order valence-electron chi connectivity index (χ3n) is 8.69. The van der Waals surface area contributed by atoms with Crippen LogP contribution in [0.5, 0.6) is 0 Å². The lowest BCUT2D eigenvalue weighted by molar-refractivity contribution is -0.160. The van der Waals surface area contributed by atoms with E-state index in [1.807, 2.05) is 17.0 Å². The van der Waals surface area contributed by atoms with Crippen LogP contribution in [0.15, 0.2) is 30.5 Å². The molecule has 1 unspecified atom stereocenters. The van der Waals surface area contributed by atoms with Crippen LogP contribution in [-0.4, -0.2) is 33.9 Å². The number of nitrogens with one attached hydrogen (secondary N) is 1. The van der Waals surface area contributed by atoms with Crippen molar-refractivity contribution < 1.29 is 9.59 Å². The van der Waals surface area contributed by atoms with Crippen LogP contribution in [-0.2, 0) is 16.1 Å². The van der Waals surface area contributed by atoms with Crippen LogP contribution in [0, 0.1) is 23.2 Å². The van der Waals surface area contributed by atoms with E-state index in [1.165, 1.54) is 24.8 Å². The highest BCUT2D eigenvalue weighted by Gasteiger charge is 2.56. The largest absolute Gasteiger partial charge is 0.348 e. The number of hydrogen-bond acceptors (Lipinski definition) is 2. The molecule has 0 radical (unpaired) electrons. The van der Waals surface area contributed by atoms with Gasteiger partial charge < -0.3 is 14.8 Å². The summed E-state index contributed by atoms with van der Waals surface area (Å²) >= 11 is 0. The number of benzene rings is 1. The number of amides is 2. The minimum atomic E-state index is -0.323. The summed E-state index contributed by atoms with van der Waals surface area (Å²) in [6, 6.07) is 7.86. The van der Waals surface area contributed by atoms with Gasteiger partial charge in [-0.15, -0.1) is 0 Å². The maximum absolute atomic E-state index is 13.8. The van der Waals surface area contributed by atoms with Gasteiger partial charge in [0.1, 0.15) is 6.04 Å². The van der Waals surface area contributed by atoms with Crippen LogP contribution >= 0.6 is 0 Å². The average molecular weight is 420 g/mol. The van der Waals surface area contributed by atoms with Gasteiger partial charge in [-0.05, 0) is 100 Å². The summed E-state index contributed by atoms with van der Waals surface area (Å²) in [5, 5.41) is 4.25. The number of aryl methyl sites for hydroxylation is 1. The van der Waals surface area contributed by atoms with Crippen LogP contribution < -0.4 is 5.32 Å². The molecule has 31 heavy (non-hydrogen) atoms. The Morgan fingerprint density at radius 1 is 1.06 bits per heavy atom. The highest BCUT2D eigenvalue weighted by atomic mass is 16.2. The van der Waals surface area contributed by atoms with Crippen LogP contribution in [0.1, 0.15) is 58.3 Å². The van der Waals surface area contributed by atoms with Gasteiger partial charge in [0.25, 0.3) is 0 Å². The second-order valence-electron chi connectivity index (χ2n) is 10.7. The molecule has 1 aromatic heterocycles. The fourth-order valence-electron chi connectivity index (χ4n) is 7.74. The lowest BCUT2D eigenvalue weighted by Gasteiger charge is -2.56. The first-order valence-corrected chi connectivity index (χ1v) is 12.3. The van der Waals surface area contributed by atoms with Crippen LogP contribution in [0.2, 0.25) is 0 Å². The molecule has 5 fully saturated rings. The highest BCUT2D eigenvalue weighted by Crippen LogP contribution is 2.60. The smallest absolute Gasteiger partial charge is 0.247 e. The summed E-state index contributed by atoms with van der Waals surface area (Å²) in [4.78, 5) is 29.0. The lowest BCUT2D eigenvalue weighted by atomic mass is 9.49. The van der Waals surface area contributed by atoms with Crippen molar-refractivity contribution in [2.75, 3.05) is 11.9 Å². The fourth-order valence-corrected chi connectivity index (χ4v) is 7.74. The molecular weight excluding hydrogens is 386 g/mol. The zero-order valence-electron chi connectivity index (χ0n) is 18.5. The summed E-state index contributed by atoms with van der Waals surface area (Å²) in [5.74, 6) is 2.50. The van der Waals surface area contributed by atoms with E-state index in [0.29, 0.717) is 5.91 Å². The number of nitrogens with zero attached hydrogens (tertiary/aromatic N) is 2. The van der Waals surface area contributed by atoms with Gasteiger partial charge in [-0.2, -0.15) is 0 Å². The third-order valence-corrected chi connectivity index (χ3v) is 8.69. The number of rotatable bonds is 4.